The van der Waals surface area contributed by atoms with Crippen LogP contribution >= 0.6 is 0 Å². The minimum absolute atomic E-state index is 0.155. The van der Waals surface area contributed by atoms with Gasteiger partial charge in [0.05, 0.1) is 12.7 Å². The number of rotatable bonds is 4. The zero-order valence-corrected chi connectivity index (χ0v) is 12.3. The van der Waals surface area contributed by atoms with Crippen molar-refractivity contribution in [2.24, 2.45) is 0 Å². The summed E-state index contributed by atoms with van der Waals surface area (Å²) in [5.74, 6) is 1.29. The molecule has 22 heavy (non-hydrogen) atoms. The van der Waals surface area contributed by atoms with E-state index in [4.69, 9.17) is 9.47 Å². The van der Waals surface area contributed by atoms with Crippen LogP contribution in [0.25, 0.3) is 0 Å². The predicted molar refractivity (Wildman–Crippen MR) is 80.0 cm³/mol. The zero-order valence-electron chi connectivity index (χ0n) is 12.3. The Hall–Kier alpha value is -2.63. The van der Waals surface area contributed by atoms with E-state index >= 15 is 0 Å². The number of benzene rings is 1. The summed E-state index contributed by atoms with van der Waals surface area (Å²) in [5.41, 5.74) is 0.335. The smallest absolute Gasteiger partial charge is 0.274 e. The van der Waals surface area contributed by atoms with Crippen molar-refractivity contribution in [3.63, 3.8) is 0 Å². The highest BCUT2D eigenvalue weighted by atomic mass is 16.6. The highest BCUT2D eigenvalue weighted by Gasteiger charge is 2.25. The van der Waals surface area contributed by atoms with E-state index in [-0.39, 0.29) is 12.0 Å². The Morgan fingerprint density at radius 1 is 1.32 bits per heavy atom. The van der Waals surface area contributed by atoms with Crippen molar-refractivity contribution in [2.45, 2.75) is 13.0 Å². The van der Waals surface area contributed by atoms with E-state index in [1.54, 1.807) is 11.1 Å². The van der Waals surface area contributed by atoms with Crippen molar-refractivity contribution in [3.05, 3.63) is 48.5 Å². The largest absolute Gasteiger partial charge is 0.486 e. The molecule has 0 radical (unpaired) electrons. The topological polar surface area (TPSA) is 64.6 Å². The molecular formula is C16H17N3O3. The summed E-state index contributed by atoms with van der Waals surface area (Å²) >= 11 is 0. The van der Waals surface area contributed by atoms with Crippen molar-refractivity contribution in [2.75, 3.05) is 19.7 Å². The summed E-state index contributed by atoms with van der Waals surface area (Å²) in [6.07, 6.45) is 4.33. The fourth-order valence-corrected chi connectivity index (χ4v) is 2.33. The molecule has 1 aromatic carbocycles. The third-order valence-electron chi connectivity index (χ3n) is 3.44. The third kappa shape index (κ3) is 3.00. The van der Waals surface area contributed by atoms with E-state index in [1.807, 2.05) is 31.2 Å². The lowest BCUT2D eigenvalue weighted by molar-refractivity contribution is 0.0471. The van der Waals surface area contributed by atoms with Crippen LogP contribution in [-0.4, -0.2) is 46.6 Å². The molecule has 6 heteroatoms. The molecule has 0 saturated carbocycles. The molecule has 1 amide bonds. The van der Waals surface area contributed by atoms with Gasteiger partial charge >= 0.3 is 0 Å². The van der Waals surface area contributed by atoms with Crippen LogP contribution in [0, 0.1) is 0 Å². The molecule has 2 heterocycles. The van der Waals surface area contributed by atoms with Crippen LogP contribution in [0.3, 0.4) is 0 Å². The molecule has 1 aliphatic rings. The number of fused-ring (bicyclic) bond motifs is 1. The summed E-state index contributed by atoms with van der Waals surface area (Å²) in [4.78, 5) is 22.1. The van der Waals surface area contributed by atoms with Crippen molar-refractivity contribution in [1.29, 1.82) is 0 Å². The second-order valence-corrected chi connectivity index (χ2v) is 4.93. The van der Waals surface area contributed by atoms with Gasteiger partial charge in [-0.1, -0.05) is 12.1 Å². The Morgan fingerprint density at radius 2 is 2.14 bits per heavy atom. The third-order valence-corrected chi connectivity index (χ3v) is 3.44. The Kier molecular flexibility index (Phi) is 4.18. The number of ether oxygens (including phenoxy) is 2. The van der Waals surface area contributed by atoms with Crippen LogP contribution in [0.1, 0.15) is 17.4 Å². The average Bonchev–Trinajstić information content (AvgIpc) is 2.59. The van der Waals surface area contributed by atoms with Gasteiger partial charge in [0.1, 0.15) is 12.3 Å². The number of hydrogen-bond acceptors (Lipinski definition) is 5. The number of aromatic nitrogens is 2. The molecule has 1 aliphatic heterocycles. The summed E-state index contributed by atoms with van der Waals surface area (Å²) in [6.45, 7) is 3.35. The fraction of sp³-hybridized carbons (Fsp3) is 0.312. The minimum atomic E-state index is -0.199. The predicted octanol–water partition coefficient (Wildman–Crippen LogP) is 1.78. The molecule has 1 atom stereocenters. The monoisotopic (exact) mass is 299 g/mol. The van der Waals surface area contributed by atoms with E-state index in [2.05, 4.69) is 9.97 Å². The summed E-state index contributed by atoms with van der Waals surface area (Å²) in [5, 5.41) is 0. The highest BCUT2D eigenvalue weighted by molar-refractivity contribution is 5.91. The molecule has 0 fully saturated rings. The van der Waals surface area contributed by atoms with Gasteiger partial charge in [0.15, 0.2) is 17.6 Å². The van der Waals surface area contributed by atoms with Crippen LogP contribution < -0.4 is 9.47 Å². The highest BCUT2D eigenvalue weighted by Crippen LogP contribution is 2.31. The van der Waals surface area contributed by atoms with Gasteiger partial charge in [-0.05, 0) is 19.1 Å². The summed E-state index contributed by atoms with van der Waals surface area (Å²) < 4.78 is 11.6. The van der Waals surface area contributed by atoms with E-state index in [9.17, 15) is 4.79 Å². The molecule has 114 valence electrons. The van der Waals surface area contributed by atoms with Crippen LogP contribution in [0.5, 0.6) is 11.5 Å². The molecule has 2 aromatic rings. The van der Waals surface area contributed by atoms with Gasteiger partial charge in [0.2, 0.25) is 0 Å². The first-order valence-corrected chi connectivity index (χ1v) is 7.21. The number of amides is 1. The lowest BCUT2D eigenvalue weighted by atomic mass is 10.2. The van der Waals surface area contributed by atoms with Crippen LogP contribution in [0.4, 0.5) is 0 Å². The maximum atomic E-state index is 12.4. The van der Waals surface area contributed by atoms with Gasteiger partial charge in [0, 0.05) is 18.9 Å². The normalized spacial score (nSPS) is 16.1. The Morgan fingerprint density at radius 3 is 2.86 bits per heavy atom. The van der Waals surface area contributed by atoms with Crippen LogP contribution in [0.2, 0.25) is 0 Å². The number of carbonyl (C=O) groups excluding carboxylic acids is 1. The Balaban J connectivity index is 1.68. The second kappa shape index (κ2) is 6.43. The SMILES string of the molecule is CCN(CC1COc2ccccc2O1)C(=O)c1cnccn1. The molecule has 0 bridgehead atoms. The van der Waals surface area contributed by atoms with E-state index in [1.165, 1.54) is 12.4 Å². The maximum absolute atomic E-state index is 12.4. The van der Waals surface area contributed by atoms with Crippen LogP contribution in [-0.2, 0) is 0 Å². The molecule has 0 aliphatic carbocycles. The van der Waals surface area contributed by atoms with Gasteiger partial charge in [-0.25, -0.2) is 4.98 Å². The molecule has 3 rings (SSSR count). The number of likely N-dealkylation sites (N-methyl/N-ethyl adjacent to an activating group) is 1. The number of hydrogen-bond donors (Lipinski definition) is 0. The van der Waals surface area contributed by atoms with Crippen molar-refractivity contribution in [3.8, 4) is 11.5 Å². The zero-order chi connectivity index (χ0) is 15.4. The van der Waals surface area contributed by atoms with Gasteiger partial charge in [0.25, 0.3) is 5.91 Å². The summed E-state index contributed by atoms with van der Waals surface area (Å²) in [7, 11) is 0. The van der Waals surface area contributed by atoms with Gasteiger partial charge in [-0.15, -0.1) is 0 Å². The molecular weight excluding hydrogens is 282 g/mol. The first-order valence-electron chi connectivity index (χ1n) is 7.21. The van der Waals surface area contributed by atoms with Gasteiger partial charge < -0.3 is 14.4 Å². The maximum Gasteiger partial charge on any atom is 0.274 e. The number of nitrogens with zero attached hydrogens (tertiary/aromatic N) is 3. The van der Waals surface area contributed by atoms with Gasteiger partial charge in [-0.3, -0.25) is 9.78 Å². The Labute approximate surface area is 128 Å². The molecule has 6 nitrogen and oxygen atoms in total. The van der Waals surface area contributed by atoms with Crippen molar-refractivity contribution in [1.82, 2.24) is 14.9 Å². The van der Waals surface area contributed by atoms with Gasteiger partial charge in [-0.2, -0.15) is 0 Å². The lowest BCUT2D eigenvalue weighted by Gasteiger charge is -2.30. The fourth-order valence-electron chi connectivity index (χ4n) is 2.33. The van der Waals surface area contributed by atoms with Crippen molar-refractivity contribution < 1.29 is 14.3 Å². The van der Waals surface area contributed by atoms with Crippen LogP contribution in [0.15, 0.2) is 42.9 Å². The lowest BCUT2D eigenvalue weighted by Crippen LogP contribution is -2.43. The Bertz CT molecular complexity index is 648. The van der Waals surface area contributed by atoms with E-state index in [0.717, 1.165) is 5.75 Å². The van der Waals surface area contributed by atoms with Crippen molar-refractivity contribution >= 4 is 5.91 Å². The quantitative estimate of drug-likeness (QED) is 0.861. The molecule has 1 unspecified atom stereocenters. The minimum Gasteiger partial charge on any atom is -0.486 e. The number of carbonyl (C=O) groups is 1. The molecule has 0 N–H and O–H groups in total. The van der Waals surface area contributed by atoms with E-state index in [0.29, 0.717) is 31.1 Å². The first kappa shape index (κ1) is 14.3. The molecule has 0 spiro atoms. The average molecular weight is 299 g/mol. The van der Waals surface area contributed by atoms with E-state index < -0.39 is 0 Å². The molecule has 0 saturated heterocycles. The number of para-hydroxylation sites is 2. The molecule has 1 aromatic heterocycles. The second-order valence-electron chi connectivity index (χ2n) is 4.93. The summed E-state index contributed by atoms with van der Waals surface area (Å²) in [6, 6.07) is 7.53. The standard InChI is InChI=1S/C16H17N3O3/c1-2-19(16(20)13-9-17-7-8-18-13)10-12-11-21-14-5-3-4-6-15(14)22-12/h3-9,12H,2,10-11H2,1H3. The first-order chi connectivity index (χ1) is 10.8.